The molecular weight excluding hydrogens is 350 g/mol. The number of nitrogens with one attached hydrogen (secondary N) is 1. The highest BCUT2D eigenvalue weighted by Crippen LogP contribution is 2.35. The minimum atomic E-state index is 0.320. The van der Waals surface area contributed by atoms with Crippen molar-refractivity contribution in [1.29, 1.82) is 0 Å². The van der Waals surface area contributed by atoms with Gasteiger partial charge in [-0.1, -0.05) is 36.8 Å². The number of aromatic amines is 1. The molecule has 4 rings (SSSR count). The van der Waals surface area contributed by atoms with Gasteiger partial charge in [-0.15, -0.1) is 0 Å². The molecule has 0 radical (unpaired) electrons. The molecule has 3 heterocycles. The third-order valence-electron chi connectivity index (χ3n) is 5.34. The second-order valence-corrected chi connectivity index (χ2v) is 7.25. The fourth-order valence-corrected chi connectivity index (χ4v) is 3.93. The Morgan fingerprint density at radius 2 is 2.07 bits per heavy atom. The molecule has 2 aromatic heterocycles. The third-order valence-corrected chi connectivity index (χ3v) is 5.34. The van der Waals surface area contributed by atoms with Crippen molar-refractivity contribution >= 4 is 5.82 Å². The minimum absolute atomic E-state index is 0.320. The Hall–Kier alpha value is -2.70. The largest absolute Gasteiger partial charge is 0.384 e. The second-order valence-electron chi connectivity index (χ2n) is 7.25. The number of ether oxygens (including phenoxy) is 1. The SMILES string of the molecule is Nc1cc(-c2cn[nH]c2C2CCCCN2CCOCc2ccccc2)ccn1. The number of anilines is 1. The average Bonchev–Trinajstić information content (AvgIpc) is 3.22. The lowest BCUT2D eigenvalue weighted by Gasteiger charge is -2.35. The van der Waals surface area contributed by atoms with E-state index in [0.717, 1.165) is 42.9 Å². The number of benzene rings is 1. The van der Waals surface area contributed by atoms with Crippen molar-refractivity contribution in [3.05, 3.63) is 66.1 Å². The molecule has 1 saturated heterocycles. The number of pyridine rings is 1. The molecule has 0 aliphatic carbocycles. The number of nitrogens with zero attached hydrogens (tertiary/aromatic N) is 3. The molecule has 0 saturated carbocycles. The number of nitrogen functional groups attached to an aromatic ring is 1. The summed E-state index contributed by atoms with van der Waals surface area (Å²) >= 11 is 0. The number of hydrogen-bond donors (Lipinski definition) is 2. The highest BCUT2D eigenvalue weighted by Gasteiger charge is 2.27. The van der Waals surface area contributed by atoms with E-state index >= 15 is 0 Å². The average molecular weight is 377 g/mol. The number of likely N-dealkylation sites (tertiary alicyclic amines) is 1. The molecule has 146 valence electrons. The van der Waals surface area contributed by atoms with Crippen molar-refractivity contribution in [3.63, 3.8) is 0 Å². The second kappa shape index (κ2) is 8.99. The van der Waals surface area contributed by atoms with Crippen molar-refractivity contribution in [2.75, 3.05) is 25.4 Å². The first kappa shape index (κ1) is 18.7. The van der Waals surface area contributed by atoms with Crippen LogP contribution < -0.4 is 5.73 Å². The van der Waals surface area contributed by atoms with E-state index in [0.29, 0.717) is 18.5 Å². The van der Waals surface area contributed by atoms with E-state index in [2.05, 4.69) is 32.2 Å². The van der Waals surface area contributed by atoms with Crippen LogP contribution in [-0.4, -0.2) is 39.8 Å². The molecule has 1 atom stereocenters. The highest BCUT2D eigenvalue weighted by molar-refractivity contribution is 5.67. The van der Waals surface area contributed by atoms with Gasteiger partial charge in [-0.05, 0) is 42.6 Å². The highest BCUT2D eigenvalue weighted by atomic mass is 16.5. The quantitative estimate of drug-likeness (QED) is 0.612. The molecule has 6 nitrogen and oxygen atoms in total. The summed E-state index contributed by atoms with van der Waals surface area (Å²) in [6.45, 7) is 3.37. The fourth-order valence-electron chi connectivity index (χ4n) is 3.93. The summed E-state index contributed by atoms with van der Waals surface area (Å²) in [5.74, 6) is 0.527. The molecule has 0 amide bonds. The predicted molar refractivity (Wildman–Crippen MR) is 110 cm³/mol. The maximum atomic E-state index is 5.93. The summed E-state index contributed by atoms with van der Waals surface area (Å²) < 4.78 is 5.93. The van der Waals surface area contributed by atoms with Gasteiger partial charge in [0.25, 0.3) is 0 Å². The van der Waals surface area contributed by atoms with Gasteiger partial charge >= 0.3 is 0 Å². The van der Waals surface area contributed by atoms with Crippen LogP contribution in [0.3, 0.4) is 0 Å². The molecule has 6 heteroatoms. The van der Waals surface area contributed by atoms with Crippen molar-refractivity contribution in [3.8, 4) is 11.1 Å². The van der Waals surface area contributed by atoms with Crippen LogP contribution in [0, 0.1) is 0 Å². The summed E-state index contributed by atoms with van der Waals surface area (Å²) in [5, 5.41) is 7.58. The summed E-state index contributed by atoms with van der Waals surface area (Å²) in [6, 6.07) is 14.5. The predicted octanol–water partition coefficient (Wildman–Crippen LogP) is 3.80. The third kappa shape index (κ3) is 4.40. The van der Waals surface area contributed by atoms with Crippen LogP contribution >= 0.6 is 0 Å². The zero-order valence-electron chi connectivity index (χ0n) is 16.1. The molecule has 1 aromatic carbocycles. The van der Waals surface area contributed by atoms with Crippen LogP contribution in [0.25, 0.3) is 11.1 Å². The van der Waals surface area contributed by atoms with E-state index in [-0.39, 0.29) is 0 Å². The molecule has 1 aliphatic rings. The lowest BCUT2D eigenvalue weighted by atomic mass is 9.95. The van der Waals surface area contributed by atoms with Gasteiger partial charge < -0.3 is 10.5 Å². The van der Waals surface area contributed by atoms with Crippen molar-refractivity contribution in [2.24, 2.45) is 0 Å². The molecule has 0 bridgehead atoms. The molecule has 3 N–H and O–H groups in total. The van der Waals surface area contributed by atoms with Gasteiger partial charge in [-0.2, -0.15) is 5.10 Å². The van der Waals surface area contributed by atoms with Gasteiger partial charge in [0, 0.05) is 18.3 Å². The molecule has 1 unspecified atom stereocenters. The van der Waals surface area contributed by atoms with Crippen molar-refractivity contribution < 1.29 is 4.74 Å². The number of rotatable bonds is 7. The number of nitrogens with two attached hydrogens (primary N) is 1. The van der Waals surface area contributed by atoms with E-state index in [9.17, 15) is 0 Å². The number of aromatic nitrogens is 3. The smallest absolute Gasteiger partial charge is 0.123 e. The maximum absolute atomic E-state index is 5.93. The lowest BCUT2D eigenvalue weighted by molar-refractivity contribution is 0.0628. The lowest BCUT2D eigenvalue weighted by Crippen LogP contribution is -2.36. The molecule has 28 heavy (non-hydrogen) atoms. The zero-order chi connectivity index (χ0) is 19.2. The zero-order valence-corrected chi connectivity index (χ0v) is 16.1. The van der Waals surface area contributed by atoms with E-state index in [1.165, 1.54) is 18.4 Å². The van der Waals surface area contributed by atoms with Gasteiger partial charge in [-0.3, -0.25) is 10.00 Å². The van der Waals surface area contributed by atoms with Crippen LogP contribution in [-0.2, 0) is 11.3 Å². The van der Waals surface area contributed by atoms with Crippen LogP contribution in [0.15, 0.2) is 54.9 Å². The summed E-state index contributed by atoms with van der Waals surface area (Å²) in [4.78, 5) is 6.61. The van der Waals surface area contributed by atoms with Gasteiger partial charge in [-0.25, -0.2) is 4.98 Å². The molecule has 0 spiro atoms. The van der Waals surface area contributed by atoms with E-state index in [4.69, 9.17) is 10.5 Å². The van der Waals surface area contributed by atoms with Crippen LogP contribution in [0.4, 0.5) is 5.82 Å². The number of H-pyrrole nitrogens is 1. The molecular formula is C22H27N5O. The maximum Gasteiger partial charge on any atom is 0.123 e. The van der Waals surface area contributed by atoms with E-state index in [1.807, 2.05) is 36.5 Å². The topological polar surface area (TPSA) is 80.1 Å². The summed E-state index contributed by atoms with van der Waals surface area (Å²) in [7, 11) is 0. The van der Waals surface area contributed by atoms with E-state index < -0.39 is 0 Å². The van der Waals surface area contributed by atoms with Gasteiger partial charge in [0.05, 0.1) is 31.1 Å². The van der Waals surface area contributed by atoms with Crippen molar-refractivity contribution in [2.45, 2.75) is 31.9 Å². The Morgan fingerprint density at radius 1 is 1.18 bits per heavy atom. The van der Waals surface area contributed by atoms with Gasteiger partial charge in [0.1, 0.15) is 5.82 Å². The van der Waals surface area contributed by atoms with Crippen LogP contribution in [0.2, 0.25) is 0 Å². The Bertz CT molecular complexity index is 879. The van der Waals surface area contributed by atoms with E-state index in [1.54, 1.807) is 6.20 Å². The first-order chi connectivity index (χ1) is 13.8. The molecule has 1 fully saturated rings. The molecule has 1 aliphatic heterocycles. The summed E-state index contributed by atoms with van der Waals surface area (Å²) in [6.07, 6.45) is 7.21. The van der Waals surface area contributed by atoms with Crippen molar-refractivity contribution in [1.82, 2.24) is 20.1 Å². The summed E-state index contributed by atoms with van der Waals surface area (Å²) in [5.41, 5.74) is 10.4. The van der Waals surface area contributed by atoms with Crippen LogP contribution in [0.1, 0.15) is 36.6 Å². The fraction of sp³-hybridized carbons (Fsp3) is 0.364. The number of hydrogen-bond acceptors (Lipinski definition) is 5. The first-order valence-corrected chi connectivity index (χ1v) is 9.92. The Balaban J connectivity index is 1.42. The van der Waals surface area contributed by atoms with Crippen LogP contribution in [0.5, 0.6) is 0 Å². The monoisotopic (exact) mass is 377 g/mol. The Labute approximate surface area is 165 Å². The minimum Gasteiger partial charge on any atom is -0.384 e. The Morgan fingerprint density at radius 3 is 2.93 bits per heavy atom. The first-order valence-electron chi connectivity index (χ1n) is 9.92. The number of piperidine rings is 1. The van der Waals surface area contributed by atoms with Gasteiger partial charge in [0.2, 0.25) is 0 Å². The standard InChI is InChI=1S/C22H27N5O/c23-21-14-18(9-10-24-21)19-15-25-26-22(19)20-8-4-5-11-27(20)12-13-28-16-17-6-2-1-3-7-17/h1-3,6-7,9-10,14-15,20H,4-5,8,11-13,16H2,(H2,23,24)(H,25,26). The van der Waals surface area contributed by atoms with Gasteiger partial charge in [0.15, 0.2) is 0 Å². The Kier molecular flexibility index (Phi) is 5.99. The normalized spacial score (nSPS) is 17.6. The molecule has 3 aromatic rings.